The summed E-state index contributed by atoms with van der Waals surface area (Å²) in [6.45, 7) is 3.49. The molecule has 0 spiro atoms. The first-order valence-electron chi connectivity index (χ1n) is 7.82. The van der Waals surface area contributed by atoms with Gasteiger partial charge in [0.05, 0.1) is 18.8 Å². The summed E-state index contributed by atoms with van der Waals surface area (Å²) in [6, 6.07) is 6.40. The van der Waals surface area contributed by atoms with Crippen LogP contribution < -0.4 is 4.74 Å². The maximum Gasteiger partial charge on any atom is 0.122 e. The molecule has 3 heteroatoms. The highest BCUT2D eigenvalue weighted by Crippen LogP contribution is 2.36. The minimum atomic E-state index is -0.341. The first kappa shape index (κ1) is 13.9. The van der Waals surface area contributed by atoms with Gasteiger partial charge in [0.2, 0.25) is 0 Å². The molecule has 2 atom stereocenters. The second-order valence-corrected chi connectivity index (χ2v) is 5.90. The molecule has 1 saturated carbocycles. The van der Waals surface area contributed by atoms with Crippen molar-refractivity contribution in [3.05, 3.63) is 29.3 Å². The van der Waals surface area contributed by atoms with E-state index in [1.54, 1.807) is 0 Å². The second-order valence-electron chi connectivity index (χ2n) is 5.90. The first-order chi connectivity index (χ1) is 9.78. The first-order valence-corrected chi connectivity index (χ1v) is 7.82. The number of rotatable bonds is 7. The van der Waals surface area contributed by atoms with Gasteiger partial charge < -0.3 is 14.6 Å². The fraction of sp³-hybridized carbons (Fsp3) is 0.647. The van der Waals surface area contributed by atoms with Crippen molar-refractivity contribution in [2.75, 3.05) is 13.2 Å². The van der Waals surface area contributed by atoms with Crippen LogP contribution in [0.5, 0.6) is 5.75 Å². The Morgan fingerprint density at radius 1 is 1.40 bits per heavy atom. The van der Waals surface area contributed by atoms with Crippen LogP contribution in [0.2, 0.25) is 0 Å². The van der Waals surface area contributed by atoms with E-state index >= 15 is 0 Å². The fourth-order valence-corrected chi connectivity index (χ4v) is 3.05. The molecule has 1 fully saturated rings. The SMILES string of the molecule is CCOC(C(O)CCc1ccc2c(c1)CCO2)C1CC1. The molecule has 0 saturated heterocycles. The minimum Gasteiger partial charge on any atom is -0.493 e. The fourth-order valence-electron chi connectivity index (χ4n) is 3.05. The van der Waals surface area contributed by atoms with Gasteiger partial charge in [0.25, 0.3) is 0 Å². The van der Waals surface area contributed by atoms with Crippen molar-refractivity contribution in [2.45, 2.75) is 51.2 Å². The molecule has 2 unspecified atom stereocenters. The largest absolute Gasteiger partial charge is 0.493 e. The molecular weight excluding hydrogens is 252 g/mol. The van der Waals surface area contributed by atoms with E-state index in [-0.39, 0.29) is 12.2 Å². The Kier molecular flexibility index (Phi) is 4.27. The maximum absolute atomic E-state index is 10.4. The van der Waals surface area contributed by atoms with Crippen molar-refractivity contribution < 1.29 is 14.6 Å². The monoisotopic (exact) mass is 276 g/mol. The van der Waals surface area contributed by atoms with Crippen LogP contribution in [0.4, 0.5) is 0 Å². The average molecular weight is 276 g/mol. The Bertz CT molecular complexity index is 454. The van der Waals surface area contributed by atoms with E-state index in [2.05, 4.69) is 18.2 Å². The second kappa shape index (κ2) is 6.15. The van der Waals surface area contributed by atoms with Crippen molar-refractivity contribution in [3.63, 3.8) is 0 Å². The summed E-state index contributed by atoms with van der Waals surface area (Å²) >= 11 is 0. The Morgan fingerprint density at radius 3 is 3.00 bits per heavy atom. The maximum atomic E-state index is 10.4. The van der Waals surface area contributed by atoms with Gasteiger partial charge in [0, 0.05) is 13.0 Å². The standard InChI is InChI=1S/C17H24O3/c1-2-19-17(13-5-6-13)15(18)7-3-12-4-8-16-14(11-12)9-10-20-16/h4,8,11,13,15,17-18H,2-3,5-7,9-10H2,1H3. The molecule has 0 amide bonds. The summed E-state index contributed by atoms with van der Waals surface area (Å²) in [5.41, 5.74) is 2.60. The molecule has 110 valence electrons. The predicted molar refractivity (Wildman–Crippen MR) is 78.1 cm³/mol. The molecule has 1 N–H and O–H groups in total. The van der Waals surface area contributed by atoms with Crippen LogP contribution in [0, 0.1) is 5.92 Å². The molecule has 1 aliphatic heterocycles. The topological polar surface area (TPSA) is 38.7 Å². The van der Waals surface area contributed by atoms with Gasteiger partial charge in [0.15, 0.2) is 0 Å². The lowest BCUT2D eigenvalue weighted by atomic mass is 9.99. The lowest BCUT2D eigenvalue weighted by Gasteiger charge is -2.22. The van der Waals surface area contributed by atoms with Gasteiger partial charge in [-0.1, -0.05) is 12.1 Å². The van der Waals surface area contributed by atoms with E-state index < -0.39 is 0 Å². The number of aryl methyl sites for hydroxylation is 1. The number of aliphatic hydroxyl groups excluding tert-OH is 1. The molecule has 2 aliphatic rings. The average Bonchev–Trinajstić information content (AvgIpc) is 3.19. The lowest BCUT2D eigenvalue weighted by molar-refractivity contribution is -0.0473. The minimum absolute atomic E-state index is 0.0396. The highest BCUT2D eigenvalue weighted by Gasteiger charge is 2.36. The van der Waals surface area contributed by atoms with Crippen LogP contribution in [0.15, 0.2) is 18.2 Å². The Hall–Kier alpha value is -1.06. The van der Waals surface area contributed by atoms with Crippen molar-refractivity contribution >= 4 is 0 Å². The Morgan fingerprint density at radius 2 is 2.25 bits per heavy atom. The van der Waals surface area contributed by atoms with Crippen molar-refractivity contribution in [2.24, 2.45) is 5.92 Å². The van der Waals surface area contributed by atoms with Gasteiger partial charge in [0.1, 0.15) is 5.75 Å². The van der Waals surface area contributed by atoms with Gasteiger partial charge in [-0.2, -0.15) is 0 Å². The van der Waals surface area contributed by atoms with Gasteiger partial charge in [-0.3, -0.25) is 0 Å². The zero-order chi connectivity index (χ0) is 13.9. The number of hydrogen-bond acceptors (Lipinski definition) is 3. The molecule has 1 aromatic rings. The molecular formula is C17H24O3. The molecule has 0 aromatic heterocycles. The van der Waals surface area contributed by atoms with Crippen molar-refractivity contribution in [1.29, 1.82) is 0 Å². The third-order valence-corrected chi connectivity index (χ3v) is 4.31. The molecule has 0 bridgehead atoms. The molecule has 3 rings (SSSR count). The van der Waals surface area contributed by atoms with Gasteiger partial charge in [-0.25, -0.2) is 0 Å². The molecule has 1 aliphatic carbocycles. The highest BCUT2D eigenvalue weighted by molar-refractivity contribution is 5.39. The molecule has 3 nitrogen and oxygen atoms in total. The van der Waals surface area contributed by atoms with Crippen LogP contribution in [-0.4, -0.2) is 30.5 Å². The van der Waals surface area contributed by atoms with E-state index in [0.29, 0.717) is 12.5 Å². The van der Waals surface area contributed by atoms with E-state index in [9.17, 15) is 5.11 Å². The summed E-state index contributed by atoms with van der Waals surface area (Å²) in [4.78, 5) is 0. The Labute approximate surface area is 120 Å². The number of aliphatic hydroxyl groups is 1. The van der Waals surface area contributed by atoms with E-state index in [1.807, 2.05) is 6.92 Å². The number of benzene rings is 1. The highest BCUT2D eigenvalue weighted by atomic mass is 16.5. The summed E-state index contributed by atoms with van der Waals surface area (Å²) in [7, 11) is 0. The third kappa shape index (κ3) is 3.15. The van der Waals surface area contributed by atoms with Crippen LogP contribution in [0.3, 0.4) is 0 Å². The smallest absolute Gasteiger partial charge is 0.122 e. The van der Waals surface area contributed by atoms with Crippen LogP contribution >= 0.6 is 0 Å². The van der Waals surface area contributed by atoms with E-state index in [4.69, 9.17) is 9.47 Å². The van der Waals surface area contributed by atoms with Gasteiger partial charge in [-0.15, -0.1) is 0 Å². The van der Waals surface area contributed by atoms with Gasteiger partial charge >= 0.3 is 0 Å². The van der Waals surface area contributed by atoms with E-state index in [1.165, 1.54) is 24.0 Å². The van der Waals surface area contributed by atoms with Crippen molar-refractivity contribution in [1.82, 2.24) is 0 Å². The Balaban J connectivity index is 1.55. The normalized spacial score (nSPS) is 20.3. The number of ether oxygens (including phenoxy) is 2. The number of fused-ring (bicyclic) bond motifs is 1. The van der Waals surface area contributed by atoms with Crippen molar-refractivity contribution in [3.8, 4) is 5.75 Å². The summed E-state index contributed by atoms with van der Waals surface area (Å²) in [6.07, 6.45) is 4.81. The van der Waals surface area contributed by atoms with Crippen LogP contribution in [0.1, 0.15) is 37.3 Å². The quantitative estimate of drug-likeness (QED) is 0.832. The predicted octanol–water partition coefficient (Wildman–Crippen LogP) is 2.73. The van der Waals surface area contributed by atoms with Crippen LogP contribution in [0.25, 0.3) is 0 Å². The summed E-state index contributed by atoms with van der Waals surface area (Å²) in [5, 5.41) is 10.4. The zero-order valence-electron chi connectivity index (χ0n) is 12.2. The lowest BCUT2D eigenvalue weighted by Crippen LogP contribution is -2.31. The summed E-state index contributed by atoms with van der Waals surface area (Å²) in [5.74, 6) is 1.61. The molecule has 1 aromatic carbocycles. The van der Waals surface area contributed by atoms with Crippen LogP contribution in [-0.2, 0) is 17.6 Å². The summed E-state index contributed by atoms with van der Waals surface area (Å²) < 4.78 is 11.2. The zero-order valence-corrected chi connectivity index (χ0v) is 12.2. The third-order valence-electron chi connectivity index (χ3n) is 4.31. The van der Waals surface area contributed by atoms with Gasteiger partial charge in [-0.05, 0) is 55.7 Å². The molecule has 20 heavy (non-hydrogen) atoms. The number of hydrogen-bond donors (Lipinski definition) is 1. The molecule has 1 heterocycles. The van der Waals surface area contributed by atoms with E-state index in [0.717, 1.165) is 31.6 Å². The molecule has 0 radical (unpaired) electrons.